The van der Waals surface area contributed by atoms with E-state index in [4.69, 9.17) is 4.74 Å². The van der Waals surface area contributed by atoms with E-state index in [9.17, 15) is 4.79 Å². The van der Waals surface area contributed by atoms with Crippen LogP contribution in [0.3, 0.4) is 0 Å². The molecule has 0 bridgehead atoms. The van der Waals surface area contributed by atoms with Gasteiger partial charge in [-0.25, -0.2) is 4.79 Å². The molecular weight excluding hydrogens is 266 g/mol. The van der Waals surface area contributed by atoms with Crippen molar-refractivity contribution in [3.05, 3.63) is 47.7 Å². The quantitative estimate of drug-likeness (QED) is 0.830. The number of carbonyl (C=O) groups is 1. The molecule has 2 rings (SSSR count). The van der Waals surface area contributed by atoms with Crippen molar-refractivity contribution in [1.82, 2.24) is 9.78 Å². The molecular formula is C16H21N3O2. The van der Waals surface area contributed by atoms with Crippen molar-refractivity contribution in [2.45, 2.75) is 33.4 Å². The minimum Gasteiger partial charge on any atom is -0.462 e. The van der Waals surface area contributed by atoms with Gasteiger partial charge in [-0.1, -0.05) is 30.3 Å². The summed E-state index contributed by atoms with van der Waals surface area (Å²) in [7, 11) is 0. The van der Waals surface area contributed by atoms with Gasteiger partial charge in [-0.2, -0.15) is 5.10 Å². The molecule has 0 saturated heterocycles. The fraction of sp³-hybridized carbons (Fsp3) is 0.375. The summed E-state index contributed by atoms with van der Waals surface area (Å²) in [6.07, 6.45) is 1.73. The lowest BCUT2D eigenvalue weighted by molar-refractivity contribution is 0.0527. The van der Waals surface area contributed by atoms with Crippen LogP contribution in [-0.2, 0) is 11.3 Å². The molecule has 0 radical (unpaired) electrons. The molecule has 1 heterocycles. The number of ether oxygens (including phenoxy) is 1. The summed E-state index contributed by atoms with van der Waals surface area (Å²) in [5, 5.41) is 7.64. The first kappa shape index (κ1) is 15.1. The third kappa shape index (κ3) is 4.08. The molecule has 1 aromatic heterocycles. The summed E-state index contributed by atoms with van der Waals surface area (Å²) in [6.45, 7) is 6.77. The van der Waals surface area contributed by atoms with E-state index < -0.39 is 0 Å². The first-order valence-corrected chi connectivity index (χ1v) is 7.15. The minimum absolute atomic E-state index is 0.193. The highest BCUT2D eigenvalue weighted by Crippen LogP contribution is 2.16. The zero-order valence-corrected chi connectivity index (χ0v) is 12.7. The van der Waals surface area contributed by atoms with E-state index in [0.29, 0.717) is 24.5 Å². The third-order valence-corrected chi connectivity index (χ3v) is 2.87. The van der Waals surface area contributed by atoms with Crippen LogP contribution < -0.4 is 5.32 Å². The van der Waals surface area contributed by atoms with Gasteiger partial charge in [0.25, 0.3) is 0 Å². The second-order valence-electron chi connectivity index (χ2n) is 5.09. The molecule has 0 saturated carbocycles. The minimum atomic E-state index is -0.347. The van der Waals surface area contributed by atoms with Gasteiger partial charge in [-0.3, -0.25) is 4.68 Å². The zero-order valence-electron chi connectivity index (χ0n) is 12.7. The third-order valence-electron chi connectivity index (χ3n) is 2.87. The smallest absolute Gasteiger partial charge is 0.343 e. The van der Waals surface area contributed by atoms with Crippen molar-refractivity contribution in [2.75, 3.05) is 11.9 Å². The average molecular weight is 287 g/mol. The Morgan fingerprint density at radius 2 is 2.05 bits per heavy atom. The van der Waals surface area contributed by atoms with Crippen molar-refractivity contribution in [1.29, 1.82) is 0 Å². The van der Waals surface area contributed by atoms with Gasteiger partial charge in [0.2, 0.25) is 0 Å². The van der Waals surface area contributed by atoms with Gasteiger partial charge < -0.3 is 10.1 Å². The van der Waals surface area contributed by atoms with E-state index in [1.165, 1.54) is 0 Å². The van der Waals surface area contributed by atoms with E-state index in [1.807, 2.05) is 44.2 Å². The van der Waals surface area contributed by atoms with Crippen LogP contribution >= 0.6 is 0 Å². The molecule has 5 nitrogen and oxygen atoms in total. The predicted molar refractivity (Wildman–Crippen MR) is 82.5 cm³/mol. The monoisotopic (exact) mass is 287 g/mol. The molecule has 0 aliphatic rings. The number of hydrogen-bond donors (Lipinski definition) is 1. The molecule has 1 N–H and O–H groups in total. The number of aromatic nitrogens is 2. The number of carbonyl (C=O) groups excluding carboxylic acids is 1. The Balaban J connectivity index is 2.24. The number of rotatable bonds is 6. The maximum Gasteiger partial charge on any atom is 0.343 e. The van der Waals surface area contributed by atoms with Crippen molar-refractivity contribution < 1.29 is 9.53 Å². The highest BCUT2D eigenvalue weighted by molar-refractivity contribution is 5.94. The molecule has 0 fully saturated rings. The molecule has 0 unspecified atom stereocenters. The highest BCUT2D eigenvalue weighted by atomic mass is 16.5. The first-order valence-electron chi connectivity index (χ1n) is 7.15. The molecule has 112 valence electrons. The van der Waals surface area contributed by atoms with Crippen LogP contribution in [0.1, 0.15) is 36.7 Å². The molecule has 0 spiro atoms. The van der Waals surface area contributed by atoms with Gasteiger partial charge >= 0.3 is 5.97 Å². The topological polar surface area (TPSA) is 56.2 Å². The summed E-state index contributed by atoms with van der Waals surface area (Å²) >= 11 is 0. The Kier molecular flexibility index (Phi) is 4.98. The van der Waals surface area contributed by atoms with E-state index in [2.05, 4.69) is 10.4 Å². The SMILES string of the molecule is CCOC(=O)c1cn(Cc2ccccc2)nc1NC(C)C. The highest BCUT2D eigenvalue weighted by Gasteiger charge is 2.18. The molecule has 21 heavy (non-hydrogen) atoms. The first-order chi connectivity index (χ1) is 10.1. The molecule has 0 amide bonds. The predicted octanol–water partition coefficient (Wildman–Crippen LogP) is 2.93. The zero-order chi connectivity index (χ0) is 15.2. The van der Waals surface area contributed by atoms with Gasteiger partial charge in [-0.05, 0) is 26.3 Å². The number of nitrogens with one attached hydrogen (secondary N) is 1. The second kappa shape index (κ2) is 6.92. The molecule has 0 aliphatic carbocycles. The molecule has 5 heteroatoms. The van der Waals surface area contributed by atoms with Crippen molar-refractivity contribution >= 4 is 11.8 Å². The Bertz CT molecular complexity index is 591. The Morgan fingerprint density at radius 3 is 2.67 bits per heavy atom. The lowest BCUT2D eigenvalue weighted by atomic mass is 10.2. The van der Waals surface area contributed by atoms with Crippen LogP contribution in [0, 0.1) is 0 Å². The standard InChI is InChI=1S/C16H21N3O2/c1-4-21-16(20)14-11-19(18-15(14)17-12(2)3)10-13-8-6-5-7-9-13/h5-9,11-12H,4,10H2,1-3H3,(H,17,18). The molecule has 2 aromatic rings. The molecule has 0 atom stereocenters. The fourth-order valence-electron chi connectivity index (χ4n) is 2.01. The van der Waals surface area contributed by atoms with Crippen LogP contribution in [0.15, 0.2) is 36.5 Å². The summed E-state index contributed by atoms with van der Waals surface area (Å²) < 4.78 is 6.84. The fourth-order valence-corrected chi connectivity index (χ4v) is 2.01. The van der Waals surface area contributed by atoms with E-state index >= 15 is 0 Å². The van der Waals surface area contributed by atoms with Gasteiger partial charge in [0.1, 0.15) is 5.56 Å². The number of nitrogens with zero attached hydrogens (tertiary/aromatic N) is 2. The van der Waals surface area contributed by atoms with Crippen LogP contribution in [0.5, 0.6) is 0 Å². The second-order valence-corrected chi connectivity index (χ2v) is 5.09. The molecule has 0 aliphatic heterocycles. The number of esters is 1. The summed E-state index contributed by atoms with van der Waals surface area (Å²) in [5.74, 6) is 0.222. The molecule has 1 aromatic carbocycles. The summed E-state index contributed by atoms with van der Waals surface area (Å²) in [5.41, 5.74) is 1.60. The van der Waals surface area contributed by atoms with Crippen LogP contribution in [0.2, 0.25) is 0 Å². The Hall–Kier alpha value is -2.30. The van der Waals surface area contributed by atoms with Crippen molar-refractivity contribution in [3.63, 3.8) is 0 Å². The lowest BCUT2D eigenvalue weighted by Gasteiger charge is -2.08. The van der Waals surface area contributed by atoms with E-state index in [0.717, 1.165) is 5.56 Å². The van der Waals surface area contributed by atoms with Crippen molar-refractivity contribution in [3.8, 4) is 0 Å². The van der Waals surface area contributed by atoms with Gasteiger partial charge in [0, 0.05) is 12.2 Å². The maximum absolute atomic E-state index is 12.0. The number of hydrogen-bond acceptors (Lipinski definition) is 4. The number of benzene rings is 1. The van der Waals surface area contributed by atoms with Crippen molar-refractivity contribution in [2.24, 2.45) is 0 Å². The average Bonchev–Trinajstić information content (AvgIpc) is 2.82. The maximum atomic E-state index is 12.0. The van der Waals surface area contributed by atoms with E-state index in [-0.39, 0.29) is 12.0 Å². The van der Waals surface area contributed by atoms with Crippen LogP contribution in [0.4, 0.5) is 5.82 Å². The summed E-state index contributed by atoms with van der Waals surface area (Å²) in [4.78, 5) is 12.0. The van der Waals surface area contributed by atoms with Gasteiger partial charge in [-0.15, -0.1) is 0 Å². The Morgan fingerprint density at radius 1 is 1.33 bits per heavy atom. The largest absolute Gasteiger partial charge is 0.462 e. The van der Waals surface area contributed by atoms with E-state index in [1.54, 1.807) is 17.8 Å². The van der Waals surface area contributed by atoms with Gasteiger partial charge in [0.15, 0.2) is 5.82 Å². The van der Waals surface area contributed by atoms with Crippen LogP contribution in [-0.4, -0.2) is 28.4 Å². The number of anilines is 1. The van der Waals surface area contributed by atoms with Crippen LogP contribution in [0.25, 0.3) is 0 Å². The van der Waals surface area contributed by atoms with Gasteiger partial charge in [0.05, 0.1) is 13.2 Å². The lowest BCUT2D eigenvalue weighted by Crippen LogP contribution is -2.14. The normalized spacial score (nSPS) is 10.7. The Labute approximate surface area is 124 Å². The summed E-state index contributed by atoms with van der Waals surface area (Å²) in [6, 6.07) is 10.2.